The largest absolute Gasteiger partial charge is 0.299 e. The molecule has 1 fully saturated rings. The molecule has 1 aliphatic rings. The fourth-order valence-corrected chi connectivity index (χ4v) is 9.43. The minimum atomic E-state index is -1.73. The van der Waals surface area contributed by atoms with E-state index < -0.39 is 8.07 Å². The predicted molar refractivity (Wildman–Crippen MR) is 135 cm³/mol. The molecule has 0 N–H and O–H groups in total. The van der Waals surface area contributed by atoms with Crippen molar-refractivity contribution >= 4 is 13.9 Å². The van der Waals surface area contributed by atoms with Crippen molar-refractivity contribution in [3.8, 4) is 0 Å². The molecule has 2 nitrogen and oxygen atoms in total. The Morgan fingerprint density at radius 3 is 1.84 bits per heavy atom. The Balaban J connectivity index is 1.76. The van der Waals surface area contributed by atoms with E-state index in [9.17, 15) is 4.79 Å². The molecule has 0 bridgehead atoms. The Morgan fingerprint density at radius 1 is 0.903 bits per heavy atom. The monoisotopic (exact) mass is 435 g/mol. The van der Waals surface area contributed by atoms with Crippen LogP contribution >= 0.6 is 0 Å². The first-order valence-corrected chi connectivity index (χ1v) is 15.0. The van der Waals surface area contributed by atoms with Crippen LogP contribution in [0.2, 0.25) is 23.7 Å². The second kappa shape index (κ2) is 9.83. The van der Waals surface area contributed by atoms with Gasteiger partial charge in [-0.25, -0.2) is 0 Å². The van der Waals surface area contributed by atoms with Crippen LogP contribution in [0.25, 0.3) is 0 Å². The second-order valence-electron chi connectivity index (χ2n) is 11.0. The fourth-order valence-electron chi connectivity index (χ4n) is 5.21. The van der Waals surface area contributed by atoms with Gasteiger partial charge in [0.25, 0.3) is 0 Å². The standard InChI is InChI=1S/C28H41NOSi/c1-22(2)28(3,4)31(5,6)26-18-17-25(27(26)30)21-29(19-23-13-9-7-10-14-23)20-24-15-11-8-12-16-24/h7-16,22,25-26H,17-21H2,1-6H3/t25-,26+/m0/s1. The Hall–Kier alpha value is -1.71. The van der Waals surface area contributed by atoms with Crippen molar-refractivity contribution in [2.75, 3.05) is 6.54 Å². The maximum absolute atomic E-state index is 13.7. The number of nitrogens with zero attached hydrogens (tertiary/aromatic N) is 1. The van der Waals surface area contributed by atoms with Crippen LogP contribution < -0.4 is 0 Å². The number of rotatable bonds is 9. The lowest BCUT2D eigenvalue weighted by atomic mass is 9.99. The van der Waals surface area contributed by atoms with E-state index in [1.54, 1.807) is 0 Å². The van der Waals surface area contributed by atoms with Gasteiger partial charge in [-0.05, 0) is 34.9 Å². The summed E-state index contributed by atoms with van der Waals surface area (Å²) in [5.74, 6) is 1.33. The van der Waals surface area contributed by atoms with Crippen molar-refractivity contribution < 1.29 is 4.79 Å². The highest BCUT2D eigenvalue weighted by Crippen LogP contribution is 2.54. The molecule has 0 saturated heterocycles. The molecule has 0 aromatic heterocycles. The van der Waals surface area contributed by atoms with E-state index in [0.29, 0.717) is 17.2 Å². The van der Waals surface area contributed by atoms with Crippen LogP contribution in [0.15, 0.2) is 60.7 Å². The number of hydrogen-bond donors (Lipinski definition) is 0. The quantitative estimate of drug-likeness (QED) is 0.389. The lowest BCUT2D eigenvalue weighted by Gasteiger charge is -2.46. The van der Waals surface area contributed by atoms with Crippen molar-refractivity contribution in [2.24, 2.45) is 11.8 Å². The minimum absolute atomic E-state index is 0.173. The molecule has 0 amide bonds. The molecule has 0 aliphatic heterocycles. The molecule has 0 spiro atoms. The summed E-state index contributed by atoms with van der Waals surface area (Å²) in [5.41, 5.74) is 2.93. The molecular weight excluding hydrogens is 394 g/mol. The van der Waals surface area contributed by atoms with Crippen molar-refractivity contribution in [3.63, 3.8) is 0 Å². The van der Waals surface area contributed by atoms with Gasteiger partial charge >= 0.3 is 0 Å². The number of Topliss-reactive ketones (excluding diaryl/α,β-unsaturated/α-hetero) is 1. The van der Waals surface area contributed by atoms with Gasteiger partial charge in [-0.1, -0.05) is 101 Å². The summed E-state index contributed by atoms with van der Waals surface area (Å²) in [6, 6.07) is 21.3. The highest BCUT2D eigenvalue weighted by atomic mass is 28.3. The first-order chi connectivity index (χ1) is 14.6. The van der Waals surface area contributed by atoms with E-state index in [-0.39, 0.29) is 11.0 Å². The third kappa shape index (κ3) is 5.38. The van der Waals surface area contributed by atoms with E-state index in [0.717, 1.165) is 32.5 Å². The smallest absolute Gasteiger partial charge is 0.137 e. The van der Waals surface area contributed by atoms with Gasteiger partial charge < -0.3 is 0 Å². The highest BCUT2D eigenvalue weighted by Gasteiger charge is 2.52. The molecule has 2 atom stereocenters. The Morgan fingerprint density at radius 2 is 1.39 bits per heavy atom. The van der Waals surface area contributed by atoms with Crippen molar-refractivity contribution in [2.45, 2.75) is 77.3 Å². The van der Waals surface area contributed by atoms with Gasteiger partial charge in [0, 0.05) is 31.1 Å². The SMILES string of the molecule is CC(C)C(C)(C)[Si](C)(C)[C@@H]1CC[C@@H](CN(Cc2ccccc2)Cc2ccccc2)C1=O. The first kappa shape index (κ1) is 23.9. The normalized spacial score (nSPS) is 20.1. The van der Waals surface area contributed by atoms with Crippen LogP contribution in [0.5, 0.6) is 0 Å². The van der Waals surface area contributed by atoms with Gasteiger partial charge in [0.15, 0.2) is 0 Å². The summed E-state index contributed by atoms with van der Waals surface area (Å²) in [6.45, 7) is 17.0. The summed E-state index contributed by atoms with van der Waals surface area (Å²) >= 11 is 0. The lowest BCUT2D eigenvalue weighted by Crippen LogP contribution is -2.48. The number of hydrogen-bond acceptors (Lipinski definition) is 2. The molecule has 2 aromatic rings. The summed E-state index contributed by atoms with van der Waals surface area (Å²) < 4.78 is 0. The second-order valence-corrected chi connectivity index (χ2v) is 16.4. The minimum Gasteiger partial charge on any atom is -0.299 e. The summed E-state index contributed by atoms with van der Waals surface area (Å²) in [6.07, 6.45) is 2.14. The highest BCUT2D eigenvalue weighted by molar-refractivity contribution is 6.84. The fraction of sp³-hybridized carbons (Fsp3) is 0.536. The van der Waals surface area contributed by atoms with Gasteiger partial charge in [0.05, 0.1) is 8.07 Å². The summed E-state index contributed by atoms with van der Waals surface area (Å²) in [4.78, 5) is 16.2. The maximum Gasteiger partial charge on any atom is 0.137 e. The van der Waals surface area contributed by atoms with Crippen molar-refractivity contribution in [1.29, 1.82) is 0 Å². The summed E-state index contributed by atoms with van der Waals surface area (Å²) in [7, 11) is -1.73. The molecule has 3 rings (SSSR count). The first-order valence-electron chi connectivity index (χ1n) is 12.0. The average molecular weight is 436 g/mol. The Bertz CT molecular complexity index is 802. The van der Waals surface area contributed by atoms with E-state index in [1.165, 1.54) is 11.1 Å². The predicted octanol–water partition coefficient (Wildman–Crippen LogP) is 7.18. The van der Waals surface area contributed by atoms with Crippen molar-refractivity contribution in [3.05, 3.63) is 71.8 Å². The van der Waals surface area contributed by atoms with E-state index in [2.05, 4.69) is 106 Å². The van der Waals surface area contributed by atoms with Gasteiger partial charge in [0.1, 0.15) is 5.78 Å². The van der Waals surface area contributed by atoms with Crippen LogP contribution in [-0.2, 0) is 17.9 Å². The van der Waals surface area contributed by atoms with E-state index >= 15 is 0 Å². The van der Waals surface area contributed by atoms with Crippen LogP contribution in [0.4, 0.5) is 0 Å². The average Bonchev–Trinajstić information content (AvgIpc) is 3.10. The van der Waals surface area contributed by atoms with Crippen LogP contribution in [0, 0.1) is 11.8 Å². The van der Waals surface area contributed by atoms with Gasteiger partial charge in [-0.15, -0.1) is 0 Å². The molecule has 3 heteroatoms. The molecule has 2 aromatic carbocycles. The maximum atomic E-state index is 13.7. The zero-order chi connectivity index (χ0) is 22.6. The molecule has 31 heavy (non-hydrogen) atoms. The number of carbonyl (C=O) groups is 1. The molecule has 168 valence electrons. The molecular formula is C28H41NOSi. The van der Waals surface area contributed by atoms with Crippen LogP contribution in [0.1, 0.15) is 51.7 Å². The third-order valence-corrected chi connectivity index (χ3v) is 14.7. The Kier molecular flexibility index (Phi) is 7.59. The van der Waals surface area contributed by atoms with E-state index in [1.807, 2.05) is 0 Å². The molecule has 1 aliphatic carbocycles. The van der Waals surface area contributed by atoms with Crippen molar-refractivity contribution in [1.82, 2.24) is 4.90 Å². The number of ketones is 1. The molecule has 0 radical (unpaired) electrons. The third-order valence-electron chi connectivity index (χ3n) is 8.50. The lowest BCUT2D eigenvalue weighted by molar-refractivity contribution is -0.121. The van der Waals surface area contributed by atoms with Crippen LogP contribution in [-0.4, -0.2) is 25.3 Å². The molecule has 0 unspecified atom stereocenters. The topological polar surface area (TPSA) is 20.3 Å². The zero-order valence-electron chi connectivity index (χ0n) is 20.4. The van der Waals surface area contributed by atoms with Gasteiger partial charge in [-0.3, -0.25) is 9.69 Å². The Labute approximate surface area is 191 Å². The number of carbonyl (C=O) groups excluding carboxylic acids is 1. The summed E-state index contributed by atoms with van der Waals surface area (Å²) in [5, 5.41) is 0.260. The van der Waals surface area contributed by atoms with Gasteiger partial charge in [-0.2, -0.15) is 0 Å². The number of benzene rings is 2. The molecule has 1 saturated carbocycles. The van der Waals surface area contributed by atoms with Gasteiger partial charge in [0.2, 0.25) is 0 Å². The van der Waals surface area contributed by atoms with Crippen LogP contribution in [0.3, 0.4) is 0 Å². The molecule has 0 heterocycles. The van der Waals surface area contributed by atoms with E-state index in [4.69, 9.17) is 0 Å². The zero-order valence-corrected chi connectivity index (χ0v) is 21.4.